The Morgan fingerprint density at radius 2 is 1.50 bits per heavy atom. The Hall–Kier alpha value is -1.65. The summed E-state index contributed by atoms with van der Waals surface area (Å²) in [5, 5.41) is 11.5. The number of hydrogen-bond acceptors (Lipinski definition) is 7. The highest BCUT2D eigenvalue weighted by molar-refractivity contribution is 6.74. The van der Waals surface area contributed by atoms with Gasteiger partial charge in [-0.25, -0.2) is 14.5 Å². The van der Waals surface area contributed by atoms with Crippen molar-refractivity contribution in [3.8, 4) is 0 Å². The molecule has 10 heteroatoms. The molecular weight excluding hydrogens is 480 g/mol. The predicted molar refractivity (Wildman–Crippen MR) is 140 cm³/mol. The number of nitrogens with zero attached hydrogens (tertiary/aromatic N) is 2. The zero-order valence-electron chi connectivity index (χ0n) is 24.1. The van der Waals surface area contributed by atoms with Crippen molar-refractivity contribution < 1.29 is 33.4 Å². The van der Waals surface area contributed by atoms with Gasteiger partial charge < -0.3 is 19.0 Å². The third-order valence-corrected chi connectivity index (χ3v) is 11.6. The first kappa shape index (κ1) is 30.6. The van der Waals surface area contributed by atoms with Crippen LogP contribution in [0.15, 0.2) is 0 Å². The first-order valence-electron chi connectivity index (χ1n) is 13.0. The fourth-order valence-corrected chi connectivity index (χ4v) is 5.70. The third-order valence-electron chi connectivity index (χ3n) is 7.10. The average molecular weight is 529 g/mol. The minimum Gasteiger partial charge on any atom is -0.444 e. The fourth-order valence-electron chi connectivity index (χ4n) is 4.35. The summed E-state index contributed by atoms with van der Waals surface area (Å²) in [6.07, 6.45) is -1.33. The van der Waals surface area contributed by atoms with Gasteiger partial charge >= 0.3 is 12.2 Å². The topological polar surface area (TPSA) is 106 Å². The lowest BCUT2D eigenvalue weighted by molar-refractivity contribution is -0.143. The first-order valence-corrected chi connectivity index (χ1v) is 15.9. The van der Waals surface area contributed by atoms with Crippen LogP contribution in [0.3, 0.4) is 0 Å². The van der Waals surface area contributed by atoms with Crippen LogP contribution in [-0.4, -0.2) is 83.9 Å². The van der Waals surface area contributed by atoms with E-state index in [0.717, 1.165) is 4.90 Å². The normalized spacial score (nSPS) is 25.1. The Kier molecular flexibility index (Phi) is 9.01. The zero-order valence-corrected chi connectivity index (χ0v) is 25.1. The molecule has 2 aliphatic heterocycles. The quantitative estimate of drug-likeness (QED) is 0.516. The smallest absolute Gasteiger partial charge is 0.417 e. The number of rotatable bonds is 4. The van der Waals surface area contributed by atoms with Crippen molar-refractivity contribution in [2.45, 2.75) is 129 Å². The van der Waals surface area contributed by atoms with E-state index in [1.807, 2.05) is 0 Å². The molecule has 0 aromatic carbocycles. The Bertz CT molecular complexity index is 826. The lowest BCUT2D eigenvalue weighted by Crippen LogP contribution is -2.54. The zero-order chi connectivity index (χ0) is 27.9. The molecule has 0 radical (unpaired) electrons. The summed E-state index contributed by atoms with van der Waals surface area (Å²) < 4.78 is 17.6. The number of likely N-dealkylation sites (tertiary alicyclic amines) is 2. The van der Waals surface area contributed by atoms with E-state index in [2.05, 4.69) is 33.9 Å². The van der Waals surface area contributed by atoms with Crippen LogP contribution in [-0.2, 0) is 18.7 Å². The Morgan fingerprint density at radius 3 is 2.00 bits per heavy atom. The summed E-state index contributed by atoms with van der Waals surface area (Å²) in [6, 6.07) is -0.665. The van der Waals surface area contributed by atoms with Crippen LogP contribution in [0.5, 0.6) is 0 Å². The summed E-state index contributed by atoms with van der Waals surface area (Å²) in [4.78, 5) is 41.7. The number of amides is 3. The second kappa shape index (κ2) is 10.6. The first-order chi connectivity index (χ1) is 16.1. The molecule has 9 nitrogen and oxygen atoms in total. The maximum absolute atomic E-state index is 13.3. The molecule has 0 aromatic rings. The van der Waals surface area contributed by atoms with Gasteiger partial charge in [0.1, 0.15) is 11.2 Å². The van der Waals surface area contributed by atoms with Crippen molar-refractivity contribution in [3.05, 3.63) is 0 Å². The molecule has 3 unspecified atom stereocenters. The molecule has 3 amide bonds. The molecule has 0 bridgehead atoms. The highest BCUT2D eigenvalue weighted by Crippen LogP contribution is 2.40. The lowest BCUT2D eigenvalue weighted by atomic mass is 9.87. The van der Waals surface area contributed by atoms with Gasteiger partial charge in [0.05, 0.1) is 24.2 Å². The second-order valence-corrected chi connectivity index (χ2v) is 18.4. The van der Waals surface area contributed by atoms with Gasteiger partial charge in [-0.3, -0.25) is 9.69 Å². The van der Waals surface area contributed by atoms with Gasteiger partial charge in [-0.1, -0.05) is 20.8 Å². The summed E-state index contributed by atoms with van der Waals surface area (Å²) >= 11 is 0. The Labute approximate surface area is 217 Å². The molecule has 0 spiro atoms. The van der Waals surface area contributed by atoms with Crippen molar-refractivity contribution >= 4 is 26.4 Å². The van der Waals surface area contributed by atoms with Crippen molar-refractivity contribution in [2.24, 2.45) is 5.92 Å². The van der Waals surface area contributed by atoms with Crippen molar-refractivity contribution in [3.63, 3.8) is 0 Å². The number of carbonyl (C=O) groups excluding carboxylic acids is 3. The number of hydrogen-bond donors (Lipinski definition) is 1. The minimum atomic E-state index is -2.14. The van der Waals surface area contributed by atoms with Crippen LogP contribution in [0, 0.1) is 5.92 Å². The van der Waals surface area contributed by atoms with E-state index in [1.54, 1.807) is 41.5 Å². The number of aliphatic hydroxyl groups is 1. The molecule has 2 heterocycles. The summed E-state index contributed by atoms with van der Waals surface area (Å²) in [5.41, 5.74) is -1.45. The molecule has 0 aliphatic carbocycles. The maximum atomic E-state index is 13.3. The third kappa shape index (κ3) is 7.68. The number of aliphatic hydroxyl groups excluding tert-OH is 1. The molecule has 36 heavy (non-hydrogen) atoms. The van der Waals surface area contributed by atoms with Gasteiger partial charge in [0.25, 0.3) is 0 Å². The molecular formula is C26H48N2O7Si. The summed E-state index contributed by atoms with van der Waals surface area (Å²) in [6.45, 7) is 21.9. The van der Waals surface area contributed by atoms with Gasteiger partial charge in [-0.15, -0.1) is 0 Å². The molecule has 2 saturated heterocycles. The lowest BCUT2D eigenvalue weighted by Gasteiger charge is -2.38. The molecule has 208 valence electrons. The van der Waals surface area contributed by atoms with Crippen LogP contribution in [0.25, 0.3) is 0 Å². The van der Waals surface area contributed by atoms with E-state index in [4.69, 9.17) is 13.9 Å². The van der Waals surface area contributed by atoms with E-state index in [1.165, 1.54) is 4.90 Å². The standard InChI is InChI=1S/C26H48N2O7Si/c1-24(2,3)33-22(31)27-14-12-13-18(21(27)30)20(29)19-15-17(35-36(10,11)26(7,8)9)16-28(19)23(32)34-25(4,5)6/h17-20,29H,12-16H2,1-11H3/t17?,18?,19-,20?/m0/s1. The van der Waals surface area contributed by atoms with Crippen LogP contribution in [0.1, 0.15) is 81.6 Å². The number of ether oxygens (including phenoxy) is 2. The van der Waals surface area contributed by atoms with Crippen molar-refractivity contribution in [1.82, 2.24) is 9.80 Å². The van der Waals surface area contributed by atoms with Gasteiger partial charge in [-0.05, 0) is 78.9 Å². The second-order valence-electron chi connectivity index (χ2n) is 13.6. The Balaban J connectivity index is 2.28. The molecule has 0 saturated carbocycles. The monoisotopic (exact) mass is 528 g/mol. The molecule has 2 rings (SSSR count). The van der Waals surface area contributed by atoms with Crippen LogP contribution >= 0.6 is 0 Å². The van der Waals surface area contributed by atoms with Crippen LogP contribution in [0.2, 0.25) is 18.1 Å². The molecule has 1 N–H and O–H groups in total. The summed E-state index contributed by atoms with van der Waals surface area (Å²) in [5.74, 6) is -1.30. The van der Waals surface area contributed by atoms with E-state index >= 15 is 0 Å². The SMILES string of the molecule is CC(C)(C)OC(=O)N1CCCC(C(O)[C@@H]2CC(O[Si](C)(C)C(C)(C)C)CN2C(=O)OC(C)(C)C)C1=O. The van der Waals surface area contributed by atoms with E-state index in [-0.39, 0.29) is 24.2 Å². The molecule has 2 fully saturated rings. The Morgan fingerprint density at radius 1 is 0.972 bits per heavy atom. The van der Waals surface area contributed by atoms with E-state index in [9.17, 15) is 19.5 Å². The summed E-state index contributed by atoms with van der Waals surface area (Å²) in [7, 11) is -2.14. The van der Waals surface area contributed by atoms with Gasteiger partial charge in [-0.2, -0.15) is 0 Å². The molecule has 0 aromatic heterocycles. The van der Waals surface area contributed by atoms with Gasteiger partial charge in [0, 0.05) is 13.1 Å². The number of imide groups is 1. The van der Waals surface area contributed by atoms with Crippen molar-refractivity contribution in [2.75, 3.05) is 13.1 Å². The highest BCUT2D eigenvalue weighted by Gasteiger charge is 2.50. The van der Waals surface area contributed by atoms with E-state index in [0.29, 0.717) is 19.3 Å². The number of carbonyl (C=O) groups is 3. The minimum absolute atomic E-state index is 0.0201. The van der Waals surface area contributed by atoms with Crippen LogP contribution in [0.4, 0.5) is 9.59 Å². The molecule has 4 atom stereocenters. The molecule has 2 aliphatic rings. The average Bonchev–Trinajstić information content (AvgIpc) is 3.07. The van der Waals surface area contributed by atoms with Gasteiger partial charge in [0.2, 0.25) is 5.91 Å². The number of piperidine rings is 1. The maximum Gasteiger partial charge on any atom is 0.417 e. The highest BCUT2D eigenvalue weighted by atomic mass is 28.4. The van der Waals surface area contributed by atoms with Gasteiger partial charge in [0.15, 0.2) is 8.32 Å². The predicted octanol–water partition coefficient (Wildman–Crippen LogP) is 4.92. The van der Waals surface area contributed by atoms with Crippen molar-refractivity contribution in [1.29, 1.82) is 0 Å². The largest absolute Gasteiger partial charge is 0.444 e. The van der Waals surface area contributed by atoms with E-state index < -0.39 is 55.7 Å². The fraction of sp³-hybridized carbons (Fsp3) is 0.885. The van der Waals surface area contributed by atoms with Crippen LogP contribution < -0.4 is 0 Å².